The number of rotatable bonds is 5. The van der Waals surface area contributed by atoms with Gasteiger partial charge in [0, 0.05) is 12.6 Å². The number of benzene rings is 1. The summed E-state index contributed by atoms with van der Waals surface area (Å²) in [6.07, 6.45) is 14.0. The van der Waals surface area contributed by atoms with Crippen LogP contribution in [0.15, 0.2) is 54.6 Å². The number of esters is 1. The van der Waals surface area contributed by atoms with E-state index < -0.39 is 41.6 Å². The molecule has 1 aromatic carbocycles. The fourth-order valence-electron chi connectivity index (χ4n) is 7.46. The lowest BCUT2D eigenvalue weighted by molar-refractivity contribution is -0.156. The molecule has 4 heterocycles. The van der Waals surface area contributed by atoms with Crippen molar-refractivity contribution in [2.45, 2.75) is 81.2 Å². The Kier molecular flexibility index (Phi) is 7.33. The first-order chi connectivity index (χ1) is 19.0. The van der Waals surface area contributed by atoms with Crippen LogP contribution in [-0.4, -0.2) is 82.3 Å². The third-order valence-corrected chi connectivity index (χ3v) is 9.25. The average molecular weight is 535 g/mol. The SMILES string of the molecule is O=C1OCCC/C=C\[C@@H]2O[C@]34C=CCN(C5CCCCC5)C(=O)C3N([C@@H](CO)Cc3ccccc3)C(=O)[C@@H]4[C@H]12. The Labute approximate surface area is 229 Å². The monoisotopic (exact) mass is 534 g/mol. The Morgan fingerprint density at radius 1 is 1.00 bits per heavy atom. The molecule has 2 saturated heterocycles. The Balaban J connectivity index is 1.44. The van der Waals surface area contributed by atoms with Gasteiger partial charge in [-0.15, -0.1) is 0 Å². The summed E-state index contributed by atoms with van der Waals surface area (Å²) < 4.78 is 12.3. The summed E-state index contributed by atoms with van der Waals surface area (Å²) >= 11 is 0. The minimum Gasteiger partial charge on any atom is -0.465 e. The molecule has 5 aliphatic rings. The first-order valence-corrected chi connectivity index (χ1v) is 14.5. The van der Waals surface area contributed by atoms with Crippen molar-refractivity contribution in [1.82, 2.24) is 9.80 Å². The molecule has 0 bridgehead atoms. The minimum absolute atomic E-state index is 0.104. The van der Waals surface area contributed by atoms with Crippen molar-refractivity contribution in [3.8, 4) is 0 Å². The number of nitrogens with zero attached hydrogens (tertiary/aromatic N) is 2. The molecule has 4 aliphatic heterocycles. The zero-order chi connectivity index (χ0) is 27.0. The van der Waals surface area contributed by atoms with Crippen molar-refractivity contribution in [3.05, 3.63) is 60.2 Å². The largest absolute Gasteiger partial charge is 0.465 e. The molecule has 0 aromatic heterocycles. The normalized spacial score (nSPS) is 34.7. The van der Waals surface area contributed by atoms with Gasteiger partial charge >= 0.3 is 5.97 Å². The number of ether oxygens (including phenoxy) is 2. The molecule has 6 rings (SSSR count). The second-order valence-corrected chi connectivity index (χ2v) is 11.5. The van der Waals surface area contributed by atoms with Gasteiger partial charge in [0.2, 0.25) is 11.8 Å². The van der Waals surface area contributed by atoms with Gasteiger partial charge in [-0.05, 0) is 37.7 Å². The maximum Gasteiger partial charge on any atom is 0.312 e. The number of aliphatic hydroxyl groups excluding tert-OH is 1. The lowest BCUT2D eigenvalue weighted by Crippen LogP contribution is -2.60. The van der Waals surface area contributed by atoms with Crippen LogP contribution in [0.25, 0.3) is 0 Å². The highest BCUT2D eigenvalue weighted by Gasteiger charge is 2.72. The molecular formula is C31H38N2O6. The lowest BCUT2D eigenvalue weighted by Gasteiger charge is -2.41. The molecule has 208 valence electrons. The second-order valence-electron chi connectivity index (χ2n) is 11.5. The Morgan fingerprint density at radius 3 is 2.56 bits per heavy atom. The molecule has 1 unspecified atom stereocenters. The number of hydrogen-bond acceptors (Lipinski definition) is 6. The summed E-state index contributed by atoms with van der Waals surface area (Å²) in [6, 6.07) is 8.17. The molecule has 3 fully saturated rings. The molecule has 2 amide bonds. The zero-order valence-corrected chi connectivity index (χ0v) is 22.3. The van der Waals surface area contributed by atoms with E-state index in [1.807, 2.05) is 59.5 Å². The molecule has 1 aromatic rings. The molecule has 8 heteroatoms. The number of likely N-dealkylation sites (tertiary alicyclic amines) is 1. The third-order valence-electron chi connectivity index (χ3n) is 9.25. The smallest absolute Gasteiger partial charge is 0.312 e. The first kappa shape index (κ1) is 26.3. The highest BCUT2D eigenvalue weighted by Crippen LogP contribution is 2.54. The summed E-state index contributed by atoms with van der Waals surface area (Å²) in [5, 5.41) is 10.6. The predicted molar refractivity (Wildman–Crippen MR) is 143 cm³/mol. The van der Waals surface area contributed by atoms with Gasteiger partial charge in [-0.2, -0.15) is 0 Å². The van der Waals surface area contributed by atoms with E-state index >= 15 is 0 Å². The fourth-order valence-corrected chi connectivity index (χ4v) is 7.46. The number of amides is 2. The van der Waals surface area contributed by atoms with E-state index in [4.69, 9.17) is 9.47 Å². The predicted octanol–water partition coefficient (Wildman–Crippen LogP) is 2.80. The molecule has 8 nitrogen and oxygen atoms in total. The van der Waals surface area contributed by atoms with Crippen LogP contribution in [0.2, 0.25) is 0 Å². The molecular weight excluding hydrogens is 496 g/mol. The van der Waals surface area contributed by atoms with Gasteiger partial charge in [0.15, 0.2) is 0 Å². The minimum atomic E-state index is -1.31. The van der Waals surface area contributed by atoms with Gasteiger partial charge in [-0.1, -0.05) is 73.9 Å². The number of hydrogen-bond donors (Lipinski definition) is 1. The van der Waals surface area contributed by atoms with E-state index in [0.717, 1.165) is 37.7 Å². The zero-order valence-electron chi connectivity index (χ0n) is 22.3. The van der Waals surface area contributed by atoms with E-state index in [2.05, 4.69) is 0 Å². The van der Waals surface area contributed by atoms with E-state index in [-0.39, 0.29) is 31.1 Å². The number of aliphatic hydroxyl groups is 1. The van der Waals surface area contributed by atoms with E-state index in [0.29, 0.717) is 19.4 Å². The van der Waals surface area contributed by atoms with Crippen LogP contribution in [0, 0.1) is 11.8 Å². The molecule has 1 N–H and O–H groups in total. The third kappa shape index (κ3) is 4.51. The number of carbonyl (C=O) groups is 3. The molecule has 0 radical (unpaired) electrons. The number of fused-ring (bicyclic) bond motifs is 2. The highest BCUT2D eigenvalue weighted by atomic mass is 16.6. The first-order valence-electron chi connectivity index (χ1n) is 14.5. The van der Waals surface area contributed by atoms with Gasteiger partial charge in [0.1, 0.15) is 17.6 Å². The van der Waals surface area contributed by atoms with Crippen molar-refractivity contribution in [1.29, 1.82) is 0 Å². The van der Waals surface area contributed by atoms with Gasteiger partial charge in [-0.25, -0.2) is 0 Å². The van der Waals surface area contributed by atoms with Crippen molar-refractivity contribution in [2.24, 2.45) is 11.8 Å². The standard InChI is InChI=1S/C31H38N2O6/c34-20-23(19-21-11-4-1-5-12-21)33-27-29(36)32(22-13-6-2-7-14-22)17-10-16-31(27)26(28(33)35)25-24(39-31)15-8-3-9-18-38-30(25)37/h1,4-5,8,10-12,15-16,22-27,34H,2-3,6-7,9,13-14,17-20H2/b15-8-/t23-,24+,25-,26+,27?,31+/m1/s1. The number of cyclic esters (lactones) is 1. The highest BCUT2D eigenvalue weighted by molar-refractivity contribution is 5.99. The van der Waals surface area contributed by atoms with Crippen LogP contribution in [0.5, 0.6) is 0 Å². The fraction of sp³-hybridized carbons (Fsp3) is 0.581. The number of carbonyl (C=O) groups excluding carboxylic acids is 3. The summed E-state index contributed by atoms with van der Waals surface area (Å²) in [7, 11) is 0. The van der Waals surface area contributed by atoms with E-state index in [1.54, 1.807) is 4.90 Å². The van der Waals surface area contributed by atoms with Crippen LogP contribution in [0.3, 0.4) is 0 Å². The Bertz CT molecular complexity index is 1140. The quantitative estimate of drug-likeness (QED) is 0.461. The van der Waals surface area contributed by atoms with Crippen LogP contribution in [0.1, 0.15) is 50.5 Å². The van der Waals surface area contributed by atoms with Crippen molar-refractivity contribution in [3.63, 3.8) is 0 Å². The summed E-state index contributed by atoms with van der Waals surface area (Å²) in [4.78, 5) is 45.9. The molecule has 1 aliphatic carbocycles. The van der Waals surface area contributed by atoms with Crippen molar-refractivity contribution < 1.29 is 29.0 Å². The van der Waals surface area contributed by atoms with E-state index in [1.165, 1.54) is 6.42 Å². The molecule has 39 heavy (non-hydrogen) atoms. The Hall–Kier alpha value is -2.97. The summed E-state index contributed by atoms with van der Waals surface area (Å²) in [5.74, 6) is -2.69. The van der Waals surface area contributed by atoms with Crippen LogP contribution in [0.4, 0.5) is 0 Å². The molecule has 1 spiro atoms. The summed E-state index contributed by atoms with van der Waals surface area (Å²) in [5.41, 5.74) is -0.348. The van der Waals surface area contributed by atoms with Crippen LogP contribution < -0.4 is 0 Å². The van der Waals surface area contributed by atoms with Crippen LogP contribution in [-0.2, 0) is 30.3 Å². The maximum atomic E-state index is 14.6. The van der Waals surface area contributed by atoms with Crippen molar-refractivity contribution >= 4 is 17.8 Å². The van der Waals surface area contributed by atoms with Gasteiger partial charge < -0.3 is 24.4 Å². The second kappa shape index (κ2) is 10.9. The van der Waals surface area contributed by atoms with Crippen molar-refractivity contribution in [2.75, 3.05) is 19.8 Å². The van der Waals surface area contributed by atoms with Gasteiger partial charge in [-0.3, -0.25) is 14.4 Å². The molecule has 6 atom stereocenters. The topological polar surface area (TPSA) is 96.4 Å². The lowest BCUT2D eigenvalue weighted by atomic mass is 9.78. The molecule has 1 saturated carbocycles. The van der Waals surface area contributed by atoms with E-state index in [9.17, 15) is 19.5 Å². The average Bonchev–Trinajstić information content (AvgIpc) is 3.37. The van der Waals surface area contributed by atoms with Gasteiger partial charge in [0.05, 0.1) is 31.3 Å². The van der Waals surface area contributed by atoms with Gasteiger partial charge in [0.25, 0.3) is 0 Å². The maximum absolute atomic E-state index is 14.6. The number of allylic oxidation sites excluding steroid dienone is 1. The Morgan fingerprint density at radius 2 is 1.79 bits per heavy atom. The van der Waals surface area contributed by atoms with Crippen LogP contribution >= 0.6 is 0 Å². The summed E-state index contributed by atoms with van der Waals surface area (Å²) in [6.45, 7) is 0.418.